The Balaban J connectivity index is 3.51. The highest BCUT2D eigenvalue weighted by Crippen LogP contribution is 2.02. The molecular formula is C11H23NO3. The van der Waals surface area contributed by atoms with E-state index in [0.717, 1.165) is 25.8 Å². The zero-order chi connectivity index (χ0) is 11.7. The van der Waals surface area contributed by atoms with Gasteiger partial charge in [0.15, 0.2) is 0 Å². The van der Waals surface area contributed by atoms with Crippen LogP contribution in [-0.4, -0.2) is 47.3 Å². The number of amides is 1. The zero-order valence-electron chi connectivity index (χ0n) is 9.78. The first kappa shape index (κ1) is 14.4. The summed E-state index contributed by atoms with van der Waals surface area (Å²) in [6.07, 6.45) is 3.21. The van der Waals surface area contributed by atoms with Gasteiger partial charge in [0.2, 0.25) is 5.91 Å². The topological polar surface area (TPSA) is 60.8 Å². The summed E-state index contributed by atoms with van der Waals surface area (Å²) < 4.78 is 0. The van der Waals surface area contributed by atoms with Crippen molar-refractivity contribution < 1.29 is 15.0 Å². The first-order valence-corrected chi connectivity index (χ1v) is 5.60. The predicted octanol–water partition coefficient (Wildman–Crippen LogP) is 0.768. The molecule has 0 aromatic rings. The summed E-state index contributed by atoms with van der Waals surface area (Å²) in [6.45, 7) is 2.65. The Labute approximate surface area is 91.9 Å². The number of carbonyl (C=O) groups excluding carboxylic acids is 1. The molecule has 0 heterocycles. The van der Waals surface area contributed by atoms with E-state index in [2.05, 4.69) is 0 Å². The summed E-state index contributed by atoms with van der Waals surface area (Å²) in [5, 5.41) is 17.6. The summed E-state index contributed by atoms with van der Waals surface area (Å²) in [6, 6.07) is 0. The van der Waals surface area contributed by atoms with Crippen LogP contribution in [0.2, 0.25) is 0 Å². The van der Waals surface area contributed by atoms with E-state index in [-0.39, 0.29) is 12.5 Å². The average Bonchev–Trinajstić information content (AvgIpc) is 2.20. The second-order valence-electron chi connectivity index (χ2n) is 3.99. The number of aliphatic hydroxyl groups excluding tert-OH is 2. The van der Waals surface area contributed by atoms with Gasteiger partial charge in [0.05, 0.1) is 6.10 Å². The van der Waals surface area contributed by atoms with Crippen molar-refractivity contribution in [3.05, 3.63) is 0 Å². The van der Waals surface area contributed by atoms with Gasteiger partial charge in [-0.25, -0.2) is 0 Å². The van der Waals surface area contributed by atoms with Crippen LogP contribution < -0.4 is 0 Å². The number of aliphatic hydroxyl groups is 2. The van der Waals surface area contributed by atoms with Crippen molar-refractivity contribution in [2.24, 2.45) is 0 Å². The largest absolute Gasteiger partial charge is 0.396 e. The van der Waals surface area contributed by atoms with Crippen LogP contribution in [0.3, 0.4) is 0 Å². The van der Waals surface area contributed by atoms with Crippen LogP contribution in [0.15, 0.2) is 0 Å². The van der Waals surface area contributed by atoms with Crippen LogP contribution in [0.1, 0.15) is 39.0 Å². The van der Waals surface area contributed by atoms with E-state index in [0.29, 0.717) is 12.8 Å². The SMILES string of the molecule is CC(O)CCC(=O)N(C)CCCCCO. The number of carbonyl (C=O) groups is 1. The van der Waals surface area contributed by atoms with Crippen LogP contribution >= 0.6 is 0 Å². The van der Waals surface area contributed by atoms with Gasteiger partial charge >= 0.3 is 0 Å². The Morgan fingerprint density at radius 2 is 2.00 bits per heavy atom. The summed E-state index contributed by atoms with van der Waals surface area (Å²) in [5.74, 6) is 0.0832. The van der Waals surface area contributed by atoms with Crippen LogP contribution in [0.4, 0.5) is 0 Å². The van der Waals surface area contributed by atoms with Gasteiger partial charge in [0.25, 0.3) is 0 Å². The van der Waals surface area contributed by atoms with Crippen molar-refractivity contribution in [2.45, 2.75) is 45.1 Å². The molecule has 0 aromatic carbocycles. The van der Waals surface area contributed by atoms with E-state index in [1.54, 1.807) is 18.9 Å². The van der Waals surface area contributed by atoms with Crippen molar-refractivity contribution in [3.8, 4) is 0 Å². The van der Waals surface area contributed by atoms with Gasteiger partial charge in [-0.3, -0.25) is 4.79 Å². The highest BCUT2D eigenvalue weighted by molar-refractivity contribution is 5.75. The normalized spacial score (nSPS) is 12.5. The van der Waals surface area contributed by atoms with Crippen LogP contribution in [0.25, 0.3) is 0 Å². The lowest BCUT2D eigenvalue weighted by atomic mass is 10.2. The fourth-order valence-corrected chi connectivity index (χ4v) is 1.29. The first-order valence-electron chi connectivity index (χ1n) is 5.60. The average molecular weight is 217 g/mol. The maximum Gasteiger partial charge on any atom is 0.222 e. The molecular weight excluding hydrogens is 194 g/mol. The minimum Gasteiger partial charge on any atom is -0.396 e. The fourth-order valence-electron chi connectivity index (χ4n) is 1.29. The molecule has 0 aliphatic carbocycles. The minimum atomic E-state index is -0.406. The summed E-state index contributed by atoms with van der Waals surface area (Å²) >= 11 is 0. The zero-order valence-corrected chi connectivity index (χ0v) is 9.78. The van der Waals surface area contributed by atoms with Gasteiger partial charge in [0, 0.05) is 26.6 Å². The molecule has 0 bridgehead atoms. The van der Waals surface area contributed by atoms with Crippen LogP contribution in [0.5, 0.6) is 0 Å². The molecule has 0 rings (SSSR count). The summed E-state index contributed by atoms with van der Waals surface area (Å²) in [7, 11) is 1.78. The van der Waals surface area contributed by atoms with E-state index in [9.17, 15) is 4.79 Å². The molecule has 1 amide bonds. The molecule has 2 N–H and O–H groups in total. The molecule has 4 nitrogen and oxygen atoms in total. The van der Waals surface area contributed by atoms with Crippen molar-refractivity contribution in [3.63, 3.8) is 0 Å². The Kier molecular flexibility index (Phi) is 8.33. The minimum absolute atomic E-state index is 0.0832. The molecule has 1 atom stereocenters. The Morgan fingerprint density at radius 3 is 2.53 bits per heavy atom. The van der Waals surface area contributed by atoms with E-state index >= 15 is 0 Å². The second-order valence-corrected chi connectivity index (χ2v) is 3.99. The lowest BCUT2D eigenvalue weighted by Gasteiger charge is -2.17. The van der Waals surface area contributed by atoms with Gasteiger partial charge in [-0.2, -0.15) is 0 Å². The number of hydrogen-bond acceptors (Lipinski definition) is 3. The maximum atomic E-state index is 11.5. The number of nitrogens with zero attached hydrogens (tertiary/aromatic N) is 1. The maximum absolute atomic E-state index is 11.5. The highest BCUT2D eigenvalue weighted by atomic mass is 16.3. The Bertz CT molecular complexity index is 171. The lowest BCUT2D eigenvalue weighted by Crippen LogP contribution is -2.28. The van der Waals surface area contributed by atoms with Crippen molar-refractivity contribution >= 4 is 5.91 Å². The number of unbranched alkanes of at least 4 members (excludes halogenated alkanes) is 2. The standard InChI is InChI=1S/C11H23NO3/c1-10(14)6-7-11(15)12(2)8-4-3-5-9-13/h10,13-14H,3-9H2,1-2H3. The molecule has 0 saturated heterocycles. The van der Waals surface area contributed by atoms with Gasteiger partial charge < -0.3 is 15.1 Å². The van der Waals surface area contributed by atoms with Crippen molar-refractivity contribution in [1.82, 2.24) is 4.90 Å². The van der Waals surface area contributed by atoms with E-state index < -0.39 is 6.10 Å². The smallest absolute Gasteiger partial charge is 0.222 e. The molecule has 0 aliphatic heterocycles. The predicted molar refractivity (Wildman–Crippen MR) is 59.5 cm³/mol. The highest BCUT2D eigenvalue weighted by Gasteiger charge is 2.09. The van der Waals surface area contributed by atoms with E-state index in [1.807, 2.05) is 0 Å². The third-order valence-corrected chi connectivity index (χ3v) is 2.35. The summed E-state index contributed by atoms with van der Waals surface area (Å²) in [4.78, 5) is 13.2. The molecule has 0 radical (unpaired) electrons. The summed E-state index contributed by atoms with van der Waals surface area (Å²) in [5.41, 5.74) is 0. The van der Waals surface area contributed by atoms with Gasteiger partial charge in [0.1, 0.15) is 0 Å². The molecule has 0 aromatic heterocycles. The Hall–Kier alpha value is -0.610. The van der Waals surface area contributed by atoms with Gasteiger partial charge in [-0.15, -0.1) is 0 Å². The molecule has 0 aliphatic rings. The van der Waals surface area contributed by atoms with E-state index in [1.165, 1.54) is 0 Å². The number of rotatable bonds is 8. The molecule has 15 heavy (non-hydrogen) atoms. The lowest BCUT2D eigenvalue weighted by molar-refractivity contribution is -0.130. The molecule has 0 saturated carbocycles. The Morgan fingerprint density at radius 1 is 1.33 bits per heavy atom. The fraction of sp³-hybridized carbons (Fsp3) is 0.909. The van der Waals surface area contributed by atoms with Crippen LogP contribution in [0, 0.1) is 0 Å². The molecule has 90 valence electrons. The molecule has 4 heteroatoms. The van der Waals surface area contributed by atoms with Gasteiger partial charge in [-0.05, 0) is 32.6 Å². The number of hydrogen-bond donors (Lipinski definition) is 2. The molecule has 1 unspecified atom stereocenters. The van der Waals surface area contributed by atoms with Gasteiger partial charge in [-0.1, -0.05) is 0 Å². The van der Waals surface area contributed by atoms with Crippen molar-refractivity contribution in [1.29, 1.82) is 0 Å². The third kappa shape index (κ3) is 8.39. The quantitative estimate of drug-likeness (QED) is 0.590. The first-order chi connectivity index (χ1) is 7.07. The molecule has 0 spiro atoms. The third-order valence-electron chi connectivity index (χ3n) is 2.35. The second kappa shape index (κ2) is 8.68. The van der Waals surface area contributed by atoms with E-state index in [4.69, 9.17) is 10.2 Å². The molecule has 0 fully saturated rings. The van der Waals surface area contributed by atoms with Crippen LogP contribution in [-0.2, 0) is 4.79 Å². The monoisotopic (exact) mass is 217 g/mol. The van der Waals surface area contributed by atoms with Crippen molar-refractivity contribution in [2.75, 3.05) is 20.2 Å².